The fraction of sp³-hybridized carbons (Fsp3) is 0.238. The lowest BCUT2D eigenvalue weighted by atomic mass is 10.2. The maximum atomic E-state index is 13.0. The summed E-state index contributed by atoms with van der Waals surface area (Å²) in [6, 6.07) is 9.19. The second-order valence-corrected chi connectivity index (χ2v) is 9.70. The molecule has 172 valence electrons. The van der Waals surface area contributed by atoms with E-state index in [9.17, 15) is 19.7 Å². The van der Waals surface area contributed by atoms with Gasteiger partial charge in [-0.1, -0.05) is 34.8 Å². The Labute approximate surface area is 207 Å². The van der Waals surface area contributed by atoms with Crippen molar-refractivity contribution in [2.45, 2.75) is 0 Å². The summed E-state index contributed by atoms with van der Waals surface area (Å²) in [5, 5.41) is 15.5. The Kier molecular flexibility index (Phi) is 7.06. The van der Waals surface area contributed by atoms with Crippen molar-refractivity contribution < 1.29 is 14.5 Å². The molecule has 1 saturated heterocycles. The average molecular weight is 528 g/mol. The molecule has 1 fully saturated rings. The van der Waals surface area contributed by atoms with Crippen molar-refractivity contribution >= 4 is 79.4 Å². The zero-order valence-electron chi connectivity index (χ0n) is 17.0. The number of rotatable bonds is 5. The third-order valence-electron chi connectivity index (χ3n) is 5.25. The van der Waals surface area contributed by atoms with E-state index in [0.717, 1.165) is 11.3 Å². The Bertz CT molecular complexity index is 1260. The third-order valence-corrected chi connectivity index (χ3v) is 7.46. The molecule has 0 aliphatic carbocycles. The Hall–Kier alpha value is -2.43. The number of carbonyl (C=O) groups excluding carboxylic acids is 2. The molecule has 2 heterocycles. The minimum Gasteiger partial charge on any atom is -0.335 e. The number of nitro benzene ring substituents is 1. The number of benzene rings is 2. The number of piperazine rings is 1. The molecule has 0 spiro atoms. The maximum absolute atomic E-state index is 13.0. The van der Waals surface area contributed by atoms with Crippen LogP contribution in [0, 0.1) is 10.1 Å². The highest BCUT2D eigenvalue weighted by atomic mass is 35.5. The van der Waals surface area contributed by atoms with Gasteiger partial charge in [-0.25, -0.2) is 0 Å². The first-order chi connectivity index (χ1) is 15.7. The van der Waals surface area contributed by atoms with Crippen molar-refractivity contribution in [2.75, 3.05) is 38.0 Å². The predicted octanol–water partition coefficient (Wildman–Crippen LogP) is 5.17. The van der Waals surface area contributed by atoms with Crippen LogP contribution in [-0.2, 0) is 4.79 Å². The van der Waals surface area contributed by atoms with E-state index in [2.05, 4.69) is 5.32 Å². The molecule has 12 heteroatoms. The molecule has 0 saturated carbocycles. The van der Waals surface area contributed by atoms with Crippen LogP contribution in [0.2, 0.25) is 15.1 Å². The average Bonchev–Trinajstić information content (AvgIpc) is 3.12. The summed E-state index contributed by atoms with van der Waals surface area (Å²) in [5.41, 5.74) is 0.396. The Morgan fingerprint density at radius 3 is 2.48 bits per heavy atom. The second-order valence-electron chi connectivity index (χ2n) is 7.42. The van der Waals surface area contributed by atoms with Crippen LogP contribution < -0.4 is 5.32 Å². The number of carbonyl (C=O) groups is 2. The molecule has 1 aromatic heterocycles. The van der Waals surface area contributed by atoms with Gasteiger partial charge in [0.25, 0.3) is 11.6 Å². The van der Waals surface area contributed by atoms with Crippen molar-refractivity contribution in [1.82, 2.24) is 9.80 Å². The number of thiophene rings is 1. The van der Waals surface area contributed by atoms with E-state index in [-0.39, 0.29) is 24.0 Å². The van der Waals surface area contributed by atoms with E-state index in [4.69, 9.17) is 34.8 Å². The zero-order chi connectivity index (χ0) is 23.7. The summed E-state index contributed by atoms with van der Waals surface area (Å²) in [4.78, 5) is 39.9. The lowest BCUT2D eigenvalue weighted by Gasteiger charge is -2.34. The molecule has 1 N–H and O–H groups in total. The molecule has 4 rings (SSSR count). The SMILES string of the molecule is O=C(CN1CCN(C(=O)c2sc3cc([N+](=O)[O-])ccc3c2Cl)CC1)Nc1cc(Cl)ccc1Cl. The van der Waals surface area contributed by atoms with Crippen molar-refractivity contribution in [1.29, 1.82) is 0 Å². The van der Waals surface area contributed by atoms with Crippen molar-refractivity contribution in [3.63, 3.8) is 0 Å². The number of hydrogen-bond donors (Lipinski definition) is 1. The summed E-state index contributed by atoms with van der Waals surface area (Å²) in [7, 11) is 0. The molecule has 0 unspecified atom stereocenters. The van der Waals surface area contributed by atoms with E-state index in [0.29, 0.717) is 61.9 Å². The van der Waals surface area contributed by atoms with Gasteiger partial charge in [0.05, 0.1) is 27.2 Å². The fourth-order valence-electron chi connectivity index (χ4n) is 3.54. The standard InChI is InChI=1S/C21H17Cl3N4O4S/c22-12-1-4-15(23)16(9-12)25-18(29)11-26-5-7-27(8-6-26)21(30)20-19(24)14-3-2-13(28(31)32)10-17(14)33-20/h1-4,9-10H,5-8,11H2,(H,25,29). The number of non-ortho nitro benzene ring substituents is 1. The van der Waals surface area contributed by atoms with Gasteiger partial charge in [0.15, 0.2) is 0 Å². The minimum absolute atomic E-state index is 0.0506. The van der Waals surface area contributed by atoms with Crippen LogP contribution in [0.5, 0.6) is 0 Å². The molecule has 0 radical (unpaired) electrons. The molecule has 2 amide bonds. The van der Waals surface area contributed by atoms with Crippen molar-refractivity contribution in [3.05, 3.63) is 66.5 Å². The van der Waals surface area contributed by atoms with Crippen LogP contribution in [0.25, 0.3) is 10.1 Å². The number of nitrogens with zero attached hydrogens (tertiary/aromatic N) is 3. The number of nitro groups is 1. The van der Waals surface area contributed by atoms with Gasteiger partial charge in [-0.2, -0.15) is 0 Å². The van der Waals surface area contributed by atoms with E-state index in [1.165, 1.54) is 12.1 Å². The molecule has 0 atom stereocenters. The Balaban J connectivity index is 1.37. The lowest BCUT2D eigenvalue weighted by Crippen LogP contribution is -2.50. The van der Waals surface area contributed by atoms with Gasteiger partial charge >= 0.3 is 0 Å². The normalized spacial score (nSPS) is 14.5. The summed E-state index contributed by atoms with van der Waals surface area (Å²) in [6.07, 6.45) is 0. The quantitative estimate of drug-likeness (QED) is 0.365. The van der Waals surface area contributed by atoms with Gasteiger partial charge in [0, 0.05) is 53.4 Å². The van der Waals surface area contributed by atoms with Crippen LogP contribution in [-0.4, -0.2) is 59.3 Å². The summed E-state index contributed by atoms with van der Waals surface area (Å²) in [6.45, 7) is 2.02. The van der Waals surface area contributed by atoms with Gasteiger partial charge in [-0.3, -0.25) is 24.6 Å². The van der Waals surface area contributed by atoms with Crippen molar-refractivity contribution in [2.24, 2.45) is 0 Å². The Morgan fingerprint density at radius 1 is 1.06 bits per heavy atom. The molecule has 8 nitrogen and oxygen atoms in total. The van der Waals surface area contributed by atoms with E-state index in [1.807, 2.05) is 4.90 Å². The summed E-state index contributed by atoms with van der Waals surface area (Å²) < 4.78 is 0.590. The van der Waals surface area contributed by atoms with Crippen LogP contribution in [0.1, 0.15) is 9.67 Å². The molecule has 33 heavy (non-hydrogen) atoms. The Morgan fingerprint density at radius 2 is 1.79 bits per heavy atom. The number of hydrogen-bond acceptors (Lipinski definition) is 6. The monoisotopic (exact) mass is 526 g/mol. The van der Waals surface area contributed by atoms with Crippen LogP contribution in [0.4, 0.5) is 11.4 Å². The van der Waals surface area contributed by atoms with E-state index in [1.54, 1.807) is 29.2 Å². The van der Waals surface area contributed by atoms with Gasteiger partial charge in [0.2, 0.25) is 5.91 Å². The topological polar surface area (TPSA) is 95.8 Å². The smallest absolute Gasteiger partial charge is 0.270 e. The van der Waals surface area contributed by atoms with Crippen LogP contribution >= 0.6 is 46.1 Å². The molecule has 1 aliphatic rings. The number of amides is 2. The van der Waals surface area contributed by atoms with Crippen LogP contribution in [0.15, 0.2) is 36.4 Å². The second kappa shape index (κ2) is 9.82. The molecular formula is C21H17Cl3N4O4S. The summed E-state index contributed by atoms with van der Waals surface area (Å²) in [5.74, 6) is -0.452. The van der Waals surface area contributed by atoms with Crippen LogP contribution in [0.3, 0.4) is 0 Å². The van der Waals surface area contributed by atoms with Gasteiger partial charge < -0.3 is 10.2 Å². The predicted molar refractivity (Wildman–Crippen MR) is 131 cm³/mol. The molecule has 3 aromatic rings. The summed E-state index contributed by atoms with van der Waals surface area (Å²) >= 11 is 19.6. The highest BCUT2D eigenvalue weighted by molar-refractivity contribution is 7.21. The lowest BCUT2D eigenvalue weighted by molar-refractivity contribution is -0.384. The maximum Gasteiger partial charge on any atom is 0.270 e. The number of fused-ring (bicyclic) bond motifs is 1. The number of anilines is 1. The first-order valence-electron chi connectivity index (χ1n) is 9.86. The third kappa shape index (κ3) is 5.23. The number of nitrogens with one attached hydrogen (secondary N) is 1. The molecule has 1 aliphatic heterocycles. The molecule has 0 bridgehead atoms. The minimum atomic E-state index is -0.482. The fourth-order valence-corrected chi connectivity index (χ4v) is 5.39. The van der Waals surface area contributed by atoms with E-state index >= 15 is 0 Å². The highest BCUT2D eigenvalue weighted by Crippen LogP contribution is 2.38. The van der Waals surface area contributed by atoms with Crippen molar-refractivity contribution in [3.8, 4) is 0 Å². The first kappa shape index (κ1) is 23.7. The number of halogens is 3. The molecular weight excluding hydrogens is 511 g/mol. The zero-order valence-corrected chi connectivity index (χ0v) is 20.1. The van der Waals surface area contributed by atoms with Gasteiger partial charge in [0.1, 0.15) is 4.88 Å². The van der Waals surface area contributed by atoms with Gasteiger partial charge in [-0.15, -0.1) is 11.3 Å². The van der Waals surface area contributed by atoms with Gasteiger partial charge in [-0.05, 0) is 24.3 Å². The molecule has 2 aromatic carbocycles. The highest BCUT2D eigenvalue weighted by Gasteiger charge is 2.27. The first-order valence-corrected chi connectivity index (χ1v) is 11.8. The van der Waals surface area contributed by atoms with E-state index < -0.39 is 4.92 Å². The largest absolute Gasteiger partial charge is 0.335 e.